The van der Waals surface area contributed by atoms with Crippen molar-refractivity contribution in [2.24, 2.45) is 0 Å². The fourth-order valence-corrected chi connectivity index (χ4v) is 2.83. The van der Waals surface area contributed by atoms with Crippen LogP contribution in [0.5, 0.6) is 0 Å². The molecule has 4 heteroatoms. The Morgan fingerprint density at radius 3 is 2.57 bits per heavy atom. The molecule has 0 saturated carbocycles. The van der Waals surface area contributed by atoms with Gasteiger partial charge in [0, 0.05) is 32.7 Å². The SMILES string of the molecule is CCCC(C#N)N1CCN(Cc2cccc(C#N)c2)CC1. The van der Waals surface area contributed by atoms with E-state index in [2.05, 4.69) is 34.9 Å². The molecule has 0 radical (unpaired) electrons. The van der Waals surface area contributed by atoms with Crippen LogP contribution in [0.25, 0.3) is 0 Å². The van der Waals surface area contributed by atoms with Crippen molar-refractivity contribution < 1.29 is 0 Å². The lowest BCUT2D eigenvalue weighted by Crippen LogP contribution is -2.49. The van der Waals surface area contributed by atoms with Gasteiger partial charge in [0.05, 0.1) is 23.7 Å². The number of hydrogen-bond donors (Lipinski definition) is 0. The molecule has 1 fully saturated rings. The van der Waals surface area contributed by atoms with E-state index in [1.807, 2.05) is 18.2 Å². The molecule has 4 nitrogen and oxygen atoms in total. The number of hydrogen-bond acceptors (Lipinski definition) is 4. The van der Waals surface area contributed by atoms with Crippen molar-refractivity contribution in [2.75, 3.05) is 26.2 Å². The van der Waals surface area contributed by atoms with E-state index in [-0.39, 0.29) is 6.04 Å². The van der Waals surface area contributed by atoms with E-state index in [1.165, 1.54) is 5.56 Å². The van der Waals surface area contributed by atoms with Crippen LogP contribution in [0.3, 0.4) is 0 Å². The third kappa shape index (κ3) is 4.29. The quantitative estimate of drug-likeness (QED) is 0.832. The standard InChI is InChI=1S/C17H22N4/c1-2-4-17(13-19)21-9-7-20(8-10-21)14-16-6-3-5-15(11-16)12-18/h3,5-6,11,17H,2,4,7-10,14H2,1H3. The Hall–Kier alpha value is -1.88. The third-order valence-electron chi connectivity index (χ3n) is 4.02. The van der Waals surface area contributed by atoms with Gasteiger partial charge < -0.3 is 0 Å². The highest BCUT2D eigenvalue weighted by Gasteiger charge is 2.22. The maximum Gasteiger partial charge on any atom is 0.0991 e. The predicted octanol–water partition coefficient (Wildman–Crippen LogP) is 2.37. The summed E-state index contributed by atoms with van der Waals surface area (Å²) in [6.07, 6.45) is 2.01. The summed E-state index contributed by atoms with van der Waals surface area (Å²) in [7, 11) is 0. The van der Waals surface area contributed by atoms with E-state index in [9.17, 15) is 5.26 Å². The second kappa shape index (κ2) is 7.78. The molecule has 1 unspecified atom stereocenters. The smallest absolute Gasteiger partial charge is 0.0991 e. The number of nitrogens with zero attached hydrogens (tertiary/aromatic N) is 4. The first-order chi connectivity index (χ1) is 10.3. The molecule has 1 aromatic rings. The number of piperazine rings is 1. The first-order valence-corrected chi connectivity index (χ1v) is 7.62. The van der Waals surface area contributed by atoms with Crippen molar-refractivity contribution in [1.82, 2.24) is 9.80 Å². The largest absolute Gasteiger partial charge is 0.297 e. The van der Waals surface area contributed by atoms with Gasteiger partial charge in [-0.3, -0.25) is 9.80 Å². The van der Waals surface area contributed by atoms with E-state index >= 15 is 0 Å². The van der Waals surface area contributed by atoms with Gasteiger partial charge in [0.1, 0.15) is 0 Å². The highest BCUT2D eigenvalue weighted by atomic mass is 15.3. The molecule has 0 amide bonds. The molecular weight excluding hydrogens is 260 g/mol. The highest BCUT2D eigenvalue weighted by Crippen LogP contribution is 2.13. The van der Waals surface area contributed by atoms with Crippen LogP contribution < -0.4 is 0 Å². The van der Waals surface area contributed by atoms with Gasteiger partial charge in [0.25, 0.3) is 0 Å². The average Bonchev–Trinajstić information content (AvgIpc) is 2.54. The van der Waals surface area contributed by atoms with Crippen LogP contribution in [0.1, 0.15) is 30.9 Å². The van der Waals surface area contributed by atoms with E-state index in [4.69, 9.17) is 5.26 Å². The summed E-state index contributed by atoms with van der Waals surface area (Å²) in [5.41, 5.74) is 1.91. The summed E-state index contributed by atoms with van der Waals surface area (Å²) in [6, 6.07) is 12.5. The van der Waals surface area contributed by atoms with Crippen LogP contribution in [0, 0.1) is 22.7 Å². The lowest BCUT2D eigenvalue weighted by Gasteiger charge is -2.36. The Labute approximate surface area is 127 Å². The van der Waals surface area contributed by atoms with Crippen LogP contribution in [-0.2, 0) is 6.54 Å². The third-order valence-corrected chi connectivity index (χ3v) is 4.02. The van der Waals surface area contributed by atoms with Gasteiger partial charge >= 0.3 is 0 Å². The summed E-state index contributed by atoms with van der Waals surface area (Å²) in [5.74, 6) is 0. The highest BCUT2D eigenvalue weighted by molar-refractivity contribution is 5.32. The Morgan fingerprint density at radius 1 is 1.19 bits per heavy atom. The van der Waals surface area contributed by atoms with Crippen LogP contribution in [0.2, 0.25) is 0 Å². The van der Waals surface area contributed by atoms with Crippen molar-refractivity contribution in [2.45, 2.75) is 32.4 Å². The lowest BCUT2D eigenvalue weighted by molar-refractivity contribution is 0.106. The summed E-state index contributed by atoms with van der Waals surface area (Å²) >= 11 is 0. The van der Waals surface area contributed by atoms with Crippen molar-refractivity contribution in [1.29, 1.82) is 10.5 Å². The molecular formula is C17H22N4. The fraction of sp³-hybridized carbons (Fsp3) is 0.529. The van der Waals surface area contributed by atoms with Gasteiger partial charge in [0.15, 0.2) is 0 Å². The van der Waals surface area contributed by atoms with Crippen LogP contribution >= 0.6 is 0 Å². The lowest BCUT2D eigenvalue weighted by atomic mass is 10.1. The number of benzene rings is 1. The van der Waals surface area contributed by atoms with E-state index in [0.717, 1.165) is 51.1 Å². The minimum Gasteiger partial charge on any atom is -0.297 e. The molecule has 21 heavy (non-hydrogen) atoms. The Bertz CT molecular complexity index is 532. The summed E-state index contributed by atoms with van der Waals surface area (Å²) < 4.78 is 0. The molecule has 110 valence electrons. The second-order valence-electron chi connectivity index (χ2n) is 5.56. The van der Waals surface area contributed by atoms with Gasteiger partial charge in [-0.2, -0.15) is 10.5 Å². The van der Waals surface area contributed by atoms with Crippen molar-refractivity contribution in [3.8, 4) is 12.1 Å². The molecule has 0 bridgehead atoms. The molecule has 1 aliphatic rings. The van der Waals surface area contributed by atoms with E-state index in [0.29, 0.717) is 0 Å². The maximum atomic E-state index is 9.23. The maximum absolute atomic E-state index is 9.23. The summed E-state index contributed by atoms with van der Waals surface area (Å²) in [5, 5.41) is 18.2. The molecule has 1 heterocycles. The topological polar surface area (TPSA) is 54.1 Å². The van der Waals surface area contributed by atoms with Crippen LogP contribution in [-0.4, -0.2) is 42.0 Å². The zero-order valence-electron chi connectivity index (χ0n) is 12.6. The van der Waals surface area contributed by atoms with Gasteiger partial charge in [-0.1, -0.05) is 25.5 Å². The molecule has 0 N–H and O–H groups in total. The Kier molecular flexibility index (Phi) is 5.75. The van der Waals surface area contributed by atoms with Crippen molar-refractivity contribution in [3.63, 3.8) is 0 Å². The Morgan fingerprint density at radius 2 is 1.95 bits per heavy atom. The minimum atomic E-state index is 0.0686. The predicted molar refractivity (Wildman–Crippen MR) is 82.3 cm³/mol. The molecule has 0 aromatic heterocycles. The zero-order valence-corrected chi connectivity index (χ0v) is 12.6. The van der Waals surface area contributed by atoms with Crippen molar-refractivity contribution in [3.05, 3.63) is 35.4 Å². The number of rotatable bonds is 5. The minimum absolute atomic E-state index is 0.0686. The number of nitriles is 2. The summed E-state index contributed by atoms with van der Waals surface area (Å²) in [4.78, 5) is 4.69. The fourth-order valence-electron chi connectivity index (χ4n) is 2.83. The molecule has 0 aliphatic carbocycles. The molecule has 1 saturated heterocycles. The molecule has 1 aromatic carbocycles. The molecule has 1 aliphatic heterocycles. The van der Waals surface area contributed by atoms with Gasteiger partial charge in [-0.05, 0) is 24.1 Å². The Balaban J connectivity index is 1.87. The normalized spacial score (nSPS) is 17.9. The first kappa shape index (κ1) is 15.5. The molecule has 1 atom stereocenters. The van der Waals surface area contributed by atoms with E-state index in [1.54, 1.807) is 0 Å². The van der Waals surface area contributed by atoms with Crippen LogP contribution in [0.4, 0.5) is 0 Å². The van der Waals surface area contributed by atoms with Gasteiger partial charge in [-0.25, -0.2) is 0 Å². The van der Waals surface area contributed by atoms with Gasteiger partial charge in [0.2, 0.25) is 0 Å². The van der Waals surface area contributed by atoms with Crippen LogP contribution in [0.15, 0.2) is 24.3 Å². The monoisotopic (exact) mass is 282 g/mol. The zero-order chi connectivity index (χ0) is 15.1. The average molecular weight is 282 g/mol. The molecule has 2 rings (SSSR count). The summed E-state index contributed by atoms with van der Waals surface area (Å²) in [6.45, 7) is 6.89. The first-order valence-electron chi connectivity index (χ1n) is 7.62. The second-order valence-corrected chi connectivity index (χ2v) is 5.56. The van der Waals surface area contributed by atoms with Gasteiger partial charge in [-0.15, -0.1) is 0 Å². The molecule has 0 spiro atoms. The van der Waals surface area contributed by atoms with E-state index < -0.39 is 0 Å². The van der Waals surface area contributed by atoms with Crippen molar-refractivity contribution >= 4 is 0 Å².